The molecule has 2 aliphatic heterocycles. The lowest BCUT2D eigenvalue weighted by atomic mass is 10.0. The first-order valence-corrected chi connectivity index (χ1v) is 12.0. The maximum absolute atomic E-state index is 13.3. The highest BCUT2D eigenvalue weighted by Gasteiger charge is 2.35. The van der Waals surface area contributed by atoms with Crippen LogP contribution in [0.1, 0.15) is 52.1 Å². The van der Waals surface area contributed by atoms with E-state index in [1.807, 2.05) is 36.6 Å². The van der Waals surface area contributed by atoms with Gasteiger partial charge < -0.3 is 14.2 Å². The predicted octanol–water partition coefficient (Wildman–Crippen LogP) is 3.81. The van der Waals surface area contributed by atoms with Crippen molar-refractivity contribution in [2.45, 2.75) is 38.3 Å². The van der Waals surface area contributed by atoms with Crippen LogP contribution in [-0.2, 0) is 4.79 Å². The normalized spacial score (nSPS) is 19.6. The van der Waals surface area contributed by atoms with E-state index in [1.54, 1.807) is 28.7 Å². The number of furan rings is 2. The van der Waals surface area contributed by atoms with E-state index in [4.69, 9.17) is 8.83 Å². The quantitative estimate of drug-likeness (QED) is 0.596. The Hall–Kier alpha value is -3.17. The Bertz CT molecular complexity index is 1130. The number of rotatable bonds is 6. The summed E-state index contributed by atoms with van der Waals surface area (Å²) in [5.74, 6) is 0.869. The van der Waals surface area contributed by atoms with Gasteiger partial charge in [0.05, 0.1) is 25.1 Å². The van der Waals surface area contributed by atoms with E-state index in [-0.39, 0.29) is 23.9 Å². The first-order valence-electron chi connectivity index (χ1n) is 11.1. The van der Waals surface area contributed by atoms with E-state index in [0.717, 1.165) is 42.1 Å². The molecule has 5 rings (SSSR count). The molecule has 3 aromatic rings. The van der Waals surface area contributed by atoms with Crippen LogP contribution in [0.4, 0.5) is 0 Å². The van der Waals surface area contributed by atoms with Crippen molar-refractivity contribution in [1.82, 2.24) is 15.2 Å². The molecule has 5 heterocycles. The highest BCUT2D eigenvalue weighted by Crippen LogP contribution is 2.35. The minimum absolute atomic E-state index is 0.0244. The Morgan fingerprint density at radius 3 is 2.67 bits per heavy atom. The average Bonchev–Trinajstić information content (AvgIpc) is 3.61. The Morgan fingerprint density at radius 2 is 2.00 bits per heavy atom. The first-order chi connectivity index (χ1) is 16.1. The zero-order chi connectivity index (χ0) is 22.8. The van der Waals surface area contributed by atoms with Crippen molar-refractivity contribution in [3.63, 3.8) is 0 Å². The number of hydrogen-bond acceptors (Lipinski definition) is 7. The lowest BCUT2D eigenvalue weighted by molar-refractivity contribution is -0.134. The van der Waals surface area contributed by atoms with Gasteiger partial charge in [0, 0.05) is 36.0 Å². The third kappa shape index (κ3) is 4.65. The Morgan fingerprint density at radius 1 is 1.15 bits per heavy atom. The Kier molecular flexibility index (Phi) is 6.15. The van der Waals surface area contributed by atoms with Crippen LogP contribution in [0.5, 0.6) is 0 Å². The summed E-state index contributed by atoms with van der Waals surface area (Å²) in [6, 6.07) is 9.50. The molecule has 1 unspecified atom stereocenters. The molecule has 9 heteroatoms. The van der Waals surface area contributed by atoms with Crippen LogP contribution >= 0.6 is 11.3 Å². The fraction of sp³-hybridized carbons (Fsp3) is 0.375. The van der Waals surface area contributed by atoms with Crippen LogP contribution in [0.15, 0.2) is 62.2 Å². The summed E-state index contributed by atoms with van der Waals surface area (Å²) >= 11 is 1.63. The highest BCUT2D eigenvalue weighted by molar-refractivity contribution is 7.10. The summed E-state index contributed by atoms with van der Waals surface area (Å²) in [4.78, 5) is 28.9. The molecule has 2 amide bonds. The van der Waals surface area contributed by atoms with Gasteiger partial charge in [-0.25, -0.2) is 5.01 Å². The number of thiophene rings is 1. The molecular weight excluding hydrogens is 440 g/mol. The van der Waals surface area contributed by atoms with Gasteiger partial charge in [0.15, 0.2) is 5.76 Å². The van der Waals surface area contributed by atoms with E-state index in [1.165, 1.54) is 6.26 Å². The molecule has 1 fully saturated rings. The fourth-order valence-electron chi connectivity index (χ4n) is 4.39. The van der Waals surface area contributed by atoms with Crippen molar-refractivity contribution in [1.29, 1.82) is 0 Å². The summed E-state index contributed by atoms with van der Waals surface area (Å²) in [5.41, 5.74) is 1.62. The van der Waals surface area contributed by atoms with Gasteiger partial charge in [0.25, 0.3) is 11.8 Å². The smallest absolute Gasteiger partial charge is 0.287 e. The second-order valence-corrected chi connectivity index (χ2v) is 9.43. The van der Waals surface area contributed by atoms with Crippen molar-refractivity contribution < 1.29 is 18.4 Å². The molecule has 0 aromatic carbocycles. The largest absolute Gasteiger partial charge is 0.463 e. The molecule has 0 bridgehead atoms. The Labute approximate surface area is 195 Å². The molecule has 1 atom stereocenters. The number of likely N-dealkylation sites (tertiary alicyclic amines) is 1. The van der Waals surface area contributed by atoms with Gasteiger partial charge in [0.1, 0.15) is 11.5 Å². The van der Waals surface area contributed by atoms with E-state index in [0.29, 0.717) is 24.5 Å². The second kappa shape index (κ2) is 9.36. The minimum atomic E-state index is -0.178. The third-order valence-electron chi connectivity index (χ3n) is 6.19. The van der Waals surface area contributed by atoms with Gasteiger partial charge in [-0.3, -0.25) is 14.5 Å². The molecule has 8 nitrogen and oxygen atoms in total. The fourth-order valence-corrected chi connectivity index (χ4v) is 5.20. The van der Waals surface area contributed by atoms with E-state index >= 15 is 0 Å². The van der Waals surface area contributed by atoms with E-state index in [9.17, 15) is 9.59 Å². The van der Waals surface area contributed by atoms with Crippen molar-refractivity contribution in [3.05, 3.63) is 70.2 Å². The second-order valence-electron chi connectivity index (χ2n) is 8.45. The molecular formula is C24H26N4O4S. The Balaban J connectivity index is 1.19. The SMILES string of the molecule is Cc1ccoc1C(=O)NC1CCN(CC(=O)N2N=C(c3ccco3)CC2c2cccs2)CC1. The molecule has 0 aliphatic carbocycles. The van der Waals surface area contributed by atoms with Crippen molar-refractivity contribution in [3.8, 4) is 0 Å². The summed E-state index contributed by atoms with van der Waals surface area (Å²) in [5, 5.41) is 11.3. The predicted molar refractivity (Wildman–Crippen MR) is 124 cm³/mol. The molecule has 2 aliphatic rings. The van der Waals surface area contributed by atoms with Crippen LogP contribution < -0.4 is 5.32 Å². The number of hydrogen-bond donors (Lipinski definition) is 1. The summed E-state index contributed by atoms with van der Waals surface area (Å²) in [6.07, 6.45) is 5.36. The van der Waals surface area contributed by atoms with Crippen molar-refractivity contribution in [2.24, 2.45) is 5.10 Å². The summed E-state index contributed by atoms with van der Waals surface area (Å²) < 4.78 is 10.8. The van der Waals surface area contributed by atoms with E-state index < -0.39 is 0 Å². The number of nitrogens with zero attached hydrogens (tertiary/aromatic N) is 3. The standard InChI is InChI=1S/C24H26N4O4S/c1-16-8-12-32-23(16)24(30)25-17-6-9-27(10-7-17)15-22(29)28-19(21-5-3-13-33-21)14-18(26-28)20-4-2-11-31-20/h2-5,8,11-13,17,19H,6-7,9-10,14-15H2,1H3,(H,25,30). The molecule has 3 aromatic heterocycles. The molecule has 0 radical (unpaired) electrons. The molecule has 172 valence electrons. The topological polar surface area (TPSA) is 91.3 Å². The number of piperidine rings is 1. The summed E-state index contributed by atoms with van der Waals surface area (Å²) in [6.45, 7) is 3.63. The molecule has 1 saturated heterocycles. The number of carbonyl (C=O) groups excluding carboxylic acids is 2. The van der Waals surface area contributed by atoms with Crippen LogP contribution in [0, 0.1) is 6.92 Å². The van der Waals surface area contributed by atoms with Gasteiger partial charge in [-0.05, 0) is 49.4 Å². The van der Waals surface area contributed by atoms with Gasteiger partial charge in [-0.1, -0.05) is 6.07 Å². The molecule has 33 heavy (non-hydrogen) atoms. The number of carbonyl (C=O) groups is 2. The third-order valence-corrected chi connectivity index (χ3v) is 7.17. The number of nitrogens with one attached hydrogen (secondary N) is 1. The number of aryl methyl sites for hydroxylation is 1. The number of amides is 2. The van der Waals surface area contributed by atoms with Gasteiger partial charge >= 0.3 is 0 Å². The highest BCUT2D eigenvalue weighted by atomic mass is 32.1. The van der Waals surface area contributed by atoms with Crippen LogP contribution in [-0.4, -0.2) is 53.1 Å². The number of hydrazone groups is 1. The van der Waals surface area contributed by atoms with Gasteiger partial charge in [0.2, 0.25) is 0 Å². The first kappa shape index (κ1) is 21.7. The van der Waals surface area contributed by atoms with Gasteiger partial charge in [-0.15, -0.1) is 11.3 Å². The van der Waals surface area contributed by atoms with E-state index in [2.05, 4.69) is 15.3 Å². The molecule has 0 spiro atoms. The average molecular weight is 467 g/mol. The summed E-state index contributed by atoms with van der Waals surface area (Å²) in [7, 11) is 0. The molecule has 1 N–H and O–H groups in total. The monoisotopic (exact) mass is 466 g/mol. The minimum Gasteiger partial charge on any atom is -0.463 e. The van der Waals surface area contributed by atoms with Crippen LogP contribution in [0.3, 0.4) is 0 Å². The zero-order valence-corrected chi connectivity index (χ0v) is 19.2. The van der Waals surface area contributed by atoms with Crippen molar-refractivity contribution in [2.75, 3.05) is 19.6 Å². The van der Waals surface area contributed by atoms with Crippen molar-refractivity contribution >= 4 is 28.9 Å². The maximum Gasteiger partial charge on any atom is 0.287 e. The lowest BCUT2D eigenvalue weighted by Crippen LogP contribution is -2.47. The maximum atomic E-state index is 13.3. The zero-order valence-electron chi connectivity index (χ0n) is 18.4. The van der Waals surface area contributed by atoms with Crippen LogP contribution in [0.2, 0.25) is 0 Å². The van der Waals surface area contributed by atoms with Gasteiger partial charge in [-0.2, -0.15) is 5.10 Å². The lowest BCUT2D eigenvalue weighted by Gasteiger charge is -2.33. The molecule has 0 saturated carbocycles. The van der Waals surface area contributed by atoms with Crippen LogP contribution in [0.25, 0.3) is 0 Å².